The third kappa shape index (κ3) is 6.67. The van der Waals surface area contributed by atoms with Gasteiger partial charge in [0.25, 0.3) is 0 Å². The molecule has 0 radical (unpaired) electrons. The maximum atomic E-state index is 6.83. The van der Waals surface area contributed by atoms with Gasteiger partial charge in [-0.1, -0.05) is 106 Å². The fourth-order valence-electron chi connectivity index (χ4n) is 7.72. The summed E-state index contributed by atoms with van der Waals surface area (Å²) in [4.78, 5) is 4.82. The first-order valence-electron chi connectivity index (χ1n) is 19.0. The lowest BCUT2D eigenvalue weighted by molar-refractivity contribution is 0.478. The van der Waals surface area contributed by atoms with E-state index in [1.807, 2.05) is 6.20 Å². The number of aryl methyl sites for hydroxylation is 2. The van der Waals surface area contributed by atoms with E-state index in [0.717, 1.165) is 51.8 Å². The summed E-state index contributed by atoms with van der Waals surface area (Å²) in [5.74, 6) is 2.46. The summed E-state index contributed by atoms with van der Waals surface area (Å²) in [6, 6.07) is 32.6. The molecule has 0 saturated carbocycles. The van der Waals surface area contributed by atoms with Crippen molar-refractivity contribution < 1.29 is 4.74 Å². The number of fused-ring (bicyclic) bond motifs is 3. The Morgan fingerprint density at radius 3 is 1.96 bits per heavy atom. The number of aromatic nitrogens is 4. The zero-order valence-electron chi connectivity index (χ0n) is 33.6. The lowest BCUT2D eigenvalue weighted by atomic mass is 9.74. The van der Waals surface area contributed by atoms with Crippen LogP contribution in [0.3, 0.4) is 0 Å². The fourth-order valence-corrected chi connectivity index (χ4v) is 7.72. The van der Waals surface area contributed by atoms with Crippen molar-refractivity contribution in [2.45, 2.75) is 106 Å². The van der Waals surface area contributed by atoms with E-state index in [1.165, 1.54) is 44.2 Å². The molecule has 5 heteroatoms. The fraction of sp³-hybridized carbons (Fsp3) is 0.333. The van der Waals surface area contributed by atoms with Crippen LogP contribution in [0.25, 0.3) is 44.4 Å². The number of benzene rings is 4. The second-order valence-corrected chi connectivity index (χ2v) is 17.7. The molecule has 3 heterocycles. The molecule has 7 rings (SSSR count). The first-order valence-corrected chi connectivity index (χ1v) is 19.0. The molecule has 0 atom stereocenters. The lowest BCUT2D eigenvalue weighted by Crippen LogP contribution is -2.19. The zero-order valence-corrected chi connectivity index (χ0v) is 33.6. The van der Waals surface area contributed by atoms with Crippen molar-refractivity contribution in [2.24, 2.45) is 0 Å². The van der Waals surface area contributed by atoms with Gasteiger partial charge in [-0.3, -0.25) is 4.57 Å². The highest BCUT2D eigenvalue weighted by atomic mass is 16.5. The van der Waals surface area contributed by atoms with Gasteiger partial charge in [-0.15, -0.1) is 0 Å². The SMILES string of the molecule is CCc1ccnc(-n2c3ccccc3c3ccc(Oc4cc(-n5nc(C)c(-c6c(C(C)(C)C)cccc6C(C)(C)C)c5C)cc(C(C)(C)C)c4)cc32)c1. The molecular formula is C48H54N4O. The maximum Gasteiger partial charge on any atom is 0.137 e. The molecule has 0 spiro atoms. The Hall–Kier alpha value is -5.16. The van der Waals surface area contributed by atoms with Gasteiger partial charge in [0.15, 0.2) is 0 Å². The van der Waals surface area contributed by atoms with Crippen molar-refractivity contribution in [1.29, 1.82) is 0 Å². The summed E-state index contributed by atoms with van der Waals surface area (Å²) in [5, 5.41) is 7.61. The van der Waals surface area contributed by atoms with Gasteiger partial charge in [-0.25, -0.2) is 9.67 Å². The van der Waals surface area contributed by atoms with E-state index in [4.69, 9.17) is 14.8 Å². The first kappa shape index (κ1) is 36.2. The molecular weight excluding hydrogens is 649 g/mol. The van der Waals surface area contributed by atoms with Gasteiger partial charge in [0.05, 0.1) is 22.4 Å². The monoisotopic (exact) mass is 702 g/mol. The highest BCUT2D eigenvalue weighted by Gasteiger charge is 2.30. The van der Waals surface area contributed by atoms with Crippen LogP contribution in [-0.2, 0) is 22.7 Å². The molecule has 272 valence electrons. The Bertz CT molecular complexity index is 2460. The summed E-state index contributed by atoms with van der Waals surface area (Å²) in [7, 11) is 0. The van der Waals surface area contributed by atoms with Crippen LogP contribution in [0.15, 0.2) is 97.2 Å². The van der Waals surface area contributed by atoms with Gasteiger partial charge in [0.2, 0.25) is 0 Å². The number of nitrogens with zero attached hydrogens (tertiary/aromatic N) is 4. The standard InChI is InChI=1S/C48H54N4O/c1-13-32-23-24-49-43(25-32)51-41-20-15-14-17-37(41)38-22-21-35(29-42(38)51)53-36-27-33(46(4,5)6)26-34(28-36)52-31(3)44(30(2)50-52)45-39(47(7,8)9)18-16-19-40(45)48(10,11)12/h14-29H,13H2,1-12H3. The summed E-state index contributed by atoms with van der Waals surface area (Å²) in [6.07, 6.45) is 2.86. The molecule has 3 aromatic heterocycles. The van der Waals surface area contributed by atoms with Crippen LogP contribution in [-0.4, -0.2) is 19.3 Å². The Kier molecular flexibility index (Phi) is 8.92. The molecule has 0 aliphatic heterocycles. The second kappa shape index (κ2) is 13.1. The molecule has 0 bridgehead atoms. The Morgan fingerprint density at radius 1 is 0.623 bits per heavy atom. The van der Waals surface area contributed by atoms with Crippen LogP contribution >= 0.6 is 0 Å². The van der Waals surface area contributed by atoms with Crippen molar-refractivity contribution >= 4 is 21.8 Å². The van der Waals surface area contributed by atoms with Crippen molar-refractivity contribution in [3.63, 3.8) is 0 Å². The highest BCUT2D eigenvalue weighted by molar-refractivity contribution is 6.09. The maximum absolute atomic E-state index is 6.83. The number of ether oxygens (including phenoxy) is 1. The number of para-hydroxylation sites is 1. The minimum atomic E-state index is -0.113. The van der Waals surface area contributed by atoms with Crippen molar-refractivity contribution in [3.8, 4) is 34.1 Å². The Labute approximate surface area is 315 Å². The summed E-state index contributed by atoms with van der Waals surface area (Å²) in [6.45, 7) is 27.1. The van der Waals surface area contributed by atoms with E-state index >= 15 is 0 Å². The highest BCUT2D eigenvalue weighted by Crippen LogP contribution is 2.44. The van der Waals surface area contributed by atoms with Gasteiger partial charge in [-0.05, 0) is 107 Å². The van der Waals surface area contributed by atoms with Gasteiger partial charge in [0, 0.05) is 40.4 Å². The molecule has 0 aliphatic rings. The molecule has 0 N–H and O–H groups in total. The van der Waals surface area contributed by atoms with Crippen LogP contribution in [0.2, 0.25) is 0 Å². The topological polar surface area (TPSA) is 44.9 Å². The average Bonchev–Trinajstić information content (AvgIpc) is 3.59. The minimum Gasteiger partial charge on any atom is -0.457 e. The number of pyridine rings is 1. The molecule has 0 fully saturated rings. The summed E-state index contributed by atoms with van der Waals surface area (Å²) < 4.78 is 11.2. The molecule has 0 saturated heterocycles. The van der Waals surface area contributed by atoms with E-state index < -0.39 is 0 Å². The largest absolute Gasteiger partial charge is 0.457 e. The predicted octanol–water partition coefficient (Wildman–Crippen LogP) is 12.9. The molecule has 4 aromatic carbocycles. The molecule has 0 unspecified atom stereocenters. The van der Waals surface area contributed by atoms with E-state index in [0.29, 0.717) is 0 Å². The van der Waals surface area contributed by atoms with E-state index in [9.17, 15) is 0 Å². The smallest absolute Gasteiger partial charge is 0.137 e. The number of rotatable bonds is 6. The Balaban J connectivity index is 1.38. The number of hydrogen-bond donors (Lipinski definition) is 0. The van der Waals surface area contributed by atoms with Gasteiger partial charge in [-0.2, -0.15) is 5.10 Å². The van der Waals surface area contributed by atoms with Crippen LogP contribution in [0.5, 0.6) is 11.5 Å². The van der Waals surface area contributed by atoms with Crippen molar-refractivity contribution in [3.05, 3.63) is 131 Å². The van der Waals surface area contributed by atoms with Gasteiger partial charge < -0.3 is 4.74 Å². The molecule has 7 aromatic rings. The van der Waals surface area contributed by atoms with Crippen molar-refractivity contribution in [1.82, 2.24) is 19.3 Å². The molecule has 53 heavy (non-hydrogen) atoms. The van der Waals surface area contributed by atoms with Crippen molar-refractivity contribution in [2.75, 3.05) is 0 Å². The average molecular weight is 703 g/mol. The lowest BCUT2D eigenvalue weighted by Gasteiger charge is -2.30. The second-order valence-electron chi connectivity index (χ2n) is 17.7. The summed E-state index contributed by atoms with van der Waals surface area (Å²) >= 11 is 0. The van der Waals surface area contributed by atoms with Crippen LogP contribution in [0.1, 0.15) is 103 Å². The minimum absolute atomic E-state index is 0.0353. The molecule has 0 amide bonds. The van der Waals surface area contributed by atoms with Gasteiger partial charge >= 0.3 is 0 Å². The Morgan fingerprint density at radius 2 is 1.30 bits per heavy atom. The van der Waals surface area contributed by atoms with Crippen LogP contribution in [0, 0.1) is 13.8 Å². The van der Waals surface area contributed by atoms with Crippen LogP contribution < -0.4 is 4.74 Å². The summed E-state index contributed by atoms with van der Waals surface area (Å²) in [5.41, 5.74) is 12.8. The number of hydrogen-bond acceptors (Lipinski definition) is 3. The zero-order chi connectivity index (χ0) is 38.0. The third-order valence-corrected chi connectivity index (χ3v) is 10.6. The third-order valence-electron chi connectivity index (χ3n) is 10.6. The first-order chi connectivity index (χ1) is 25.0. The quantitative estimate of drug-likeness (QED) is 0.173. The predicted molar refractivity (Wildman–Crippen MR) is 223 cm³/mol. The van der Waals surface area contributed by atoms with Crippen LogP contribution in [0.4, 0.5) is 0 Å². The molecule has 0 aliphatic carbocycles. The normalized spacial score (nSPS) is 12.6. The van der Waals surface area contributed by atoms with E-state index in [1.54, 1.807) is 0 Å². The van der Waals surface area contributed by atoms with E-state index in [-0.39, 0.29) is 16.2 Å². The van der Waals surface area contributed by atoms with Gasteiger partial charge in [0.1, 0.15) is 17.3 Å². The van der Waals surface area contributed by atoms with E-state index in [2.05, 4.69) is 183 Å². The molecule has 5 nitrogen and oxygen atoms in total.